The lowest BCUT2D eigenvalue weighted by molar-refractivity contribution is 0.192. The van der Waals surface area contributed by atoms with Crippen LogP contribution < -0.4 is 10.5 Å². The minimum Gasteiger partial charge on any atom is -0.399 e. The Morgan fingerprint density at radius 3 is 2.58 bits per heavy atom. The summed E-state index contributed by atoms with van der Waals surface area (Å²) in [5, 5.41) is 0. The van der Waals surface area contributed by atoms with E-state index < -0.39 is 10.0 Å². The summed E-state index contributed by atoms with van der Waals surface area (Å²) in [6.07, 6.45) is 2.67. The highest BCUT2D eigenvalue weighted by Crippen LogP contribution is 2.16. The van der Waals surface area contributed by atoms with Crippen molar-refractivity contribution >= 4 is 15.7 Å². The number of sulfonamides is 1. The zero-order chi connectivity index (χ0) is 14.3. The average Bonchev–Trinajstić information content (AvgIpc) is 2.32. The molecule has 1 aromatic carbocycles. The second kappa shape index (κ2) is 7.47. The van der Waals surface area contributed by atoms with Crippen LogP contribution in [0.3, 0.4) is 0 Å². The molecule has 0 spiro atoms. The molecule has 0 heterocycles. The molecular weight excluding hydrogens is 264 g/mol. The van der Waals surface area contributed by atoms with Crippen LogP contribution in [-0.4, -0.2) is 28.7 Å². The number of hydrogen-bond donors (Lipinski definition) is 2. The van der Waals surface area contributed by atoms with Crippen LogP contribution in [-0.2, 0) is 14.8 Å². The summed E-state index contributed by atoms with van der Waals surface area (Å²) in [5.41, 5.74) is 6.95. The molecule has 0 amide bonds. The van der Waals surface area contributed by atoms with Gasteiger partial charge in [0.25, 0.3) is 0 Å². The SMILES string of the molecule is COCCCCCNS(=O)(=O)c1cc(C)cc(N)c1. The molecule has 0 aromatic heterocycles. The first-order chi connectivity index (χ1) is 8.95. The summed E-state index contributed by atoms with van der Waals surface area (Å²) < 4.78 is 31.6. The first-order valence-electron chi connectivity index (χ1n) is 6.31. The minimum atomic E-state index is -3.46. The highest BCUT2D eigenvalue weighted by molar-refractivity contribution is 7.89. The molecule has 1 rings (SSSR count). The Kier molecular flexibility index (Phi) is 6.27. The van der Waals surface area contributed by atoms with Crippen LogP contribution >= 0.6 is 0 Å². The van der Waals surface area contributed by atoms with Gasteiger partial charge in [0, 0.05) is 25.9 Å². The van der Waals surface area contributed by atoms with Gasteiger partial charge in [-0.15, -0.1) is 0 Å². The molecule has 19 heavy (non-hydrogen) atoms. The molecule has 6 heteroatoms. The van der Waals surface area contributed by atoms with E-state index in [1.54, 1.807) is 19.2 Å². The smallest absolute Gasteiger partial charge is 0.240 e. The fraction of sp³-hybridized carbons (Fsp3) is 0.538. The van der Waals surface area contributed by atoms with Gasteiger partial charge in [-0.2, -0.15) is 0 Å². The van der Waals surface area contributed by atoms with Gasteiger partial charge in [0.05, 0.1) is 4.90 Å². The van der Waals surface area contributed by atoms with Gasteiger partial charge in [0.15, 0.2) is 0 Å². The van der Waals surface area contributed by atoms with Crippen molar-refractivity contribution < 1.29 is 13.2 Å². The van der Waals surface area contributed by atoms with Crippen LogP contribution in [0.15, 0.2) is 23.1 Å². The number of nitrogens with two attached hydrogens (primary N) is 1. The lowest BCUT2D eigenvalue weighted by atomic mass is 10.2. The third-order valence-electron chi connectivity index (χ3n) is 2.70. The third-order valence-corrected chi connectivity index (χ3v) is 4.14. The number of ether oxygens (including phenoxy) is 1. The molecule has 0 unspecified atom stereocenters. The van der Waals surface area contributed by atoms with Gasteiger partial charge < -0.3 is 10.5 Å². The summed E-state index contributed by atoms with van der Waals surface area (Å²) in [4.78, 5) is 0.224. The van der Waals surface area contributed by atoms with Crippen LogP contribution in [0.4, 0.5) is 5.69 Å². The Hall–Kier alpha value is -1.11. The highest BCUT2D eigenvalue weighted by atomic mass is 32.2. The monoisotopic (exact) mass is 286 g/mol. The maximum absolute atomic E-state index is 12.0. The number of methoxy groups -OCH3 is 1. The molecule has 0 aliphatic rings. The number of benzene rings is 1. The molecule has 0 radical (unpaired) electrons. The van der Waals surface area contributed by atoms with Gasteiger partial charge in [-0.1, -0.05) is 0 Å². The predicted molar refractivity (Wildman–Crippen MR) is 76.5 cm³/mol. The van der Waals surface area contributed by atoms with E-state index in [-0.39, 0.29) is 4.90 Å². The van der Waals surface area contributed by atoms with Crippen molar-refractivity contribution in [3.05, 3.63) is 23.8 Å². The number of nitrogen functional groups attached to an aromatic ring is 1. The van der Waals surface area contributed by atoms with E-state index in [2.05, 4.69) is 4.72 Å². The number of aryl methyl sites for hydroxylation is 1. The highest BCUT2D eigenvalue weighted by Gasteiger charge is 2.13. The van der Waals surface area contributed by atoms with E-state index in [1.165, 1.54) is 6.07 Å². The van der Waals surface area contributed by atoms with Crippen LogP contribution in [0, 0.1) is 6.92 Å². The Morgan fingerprint density at radius 1 is 1.21 bits per heavy atom. The molecule has 0 bridgehead atoms. The molecule has 5 nitrogen and oxygen atoms in total. The van der Waals surface area contributed by atoms with E-state index in [0.29, 0.717) is 18.8 Å². The fourth-order valence-corrected chi connectivity index (χ4v) is 2.98. The van der Waals surface area contributed by atoms with E-state index in [0.717, 1.165) is 24.8 Å². The van der Waals surface area contributed by atoms with Gasteiger partial charge in [-0.05, 0) is 49.9 Å². The average molecular weight is 286 g/mol. The molecule has 0 saturated heterocycles. The van der Waals surface area contributed by atoms with Crippen LogP contribution in [0.5, 0.6) is 0 Å². The molecule has 108 valence electrons. The van der Waals surface area contributed by atoms with Crippen molar-refractivity contribution in [2.24, 2.45) is 0 Å². The first kappa shape index (κ1) is 15.9. The lowest BCUT2D eigenvalue weighted by Crippen LogP contribution is -2.25. The van der Waals surface area contributed by atoms with Gasteiger partial charge in [0.2, 0.25) is 10.0 Å². The van der Waals surface area contributed by atoms with Gasteiger partial charge in [0.1, 0.15) is 0 Å². The predicted octanol–water partition coefficient (Wildman–Crippen LogP) is 1.67. The van der Waals surface area contributed by atoms with Gasteiger partial charge in [-0.3, -0.25) is 0 Å². The van der Waals surface area contributed by atoms with Crippen LogP contribution in [0.25, 0.3) is 0 Å². The quantitative estimate of drug-likeness (QED) is 0.562. The maximum atomic E-state index is 12.0. The summed E-state index contributed by atoms with van der Waals surface area (Å²) >= 11 is 0. The number of unbranched alkanes of at least 4 members (excludes halogenated alkanes) is 2. The van der Waals surface area contributed by atoms with Crippen molar-refractivity contribution in [3.63, 3.8) is 0 Å². The molecular formula is C13H22N2O3S. The summed E-state index contributed by atoms with van der Waals surface area (Å²) in [7, 11) is -1.80. The second-order valence-corrected chi connectivity index (χ2v) is 6.30. The topological polar surface area (TPSA) is 81.4 Å². The number of rotatable bonds is 8. The van der Waals surface area contributed by atoms with Crippen molar-refractivity contribution in [3.8, 4) is 0 Å². The molecule has 0 atom stereocenters. The zero-order valence-corrected chi connectivity index (χ0v) is 12.3. The van der Waals surface area contributed by atoms with E-state index in [1.807, 2.05) is 6.92 Å². The van der Waals surface area contributed by atoms with Crippen molar-refractivity contribution in [1.29, 1.82) is 0 Å². The molecule has 3 N–H and O–H groups in total. The molecule has 0 saturated carbocycles. The second-order valence-electron chi connectivity index (χ2n) is 4.53. The number of nitrogens with one attached hydrogen (secondary N) is 1. The zero-order valence-electron chi connectivity index (χ0n) is 11.5. The summed E-state index contributed by atoms with van der Waals surface area (Å²) in [6.45, 7) is 2.96. The molecule has 0 aliphatic carbocycles. The molecule has 0 fully saturated rings. The maximum Gasteiger partial charge on any atom is 0.240 e. The lowest BCUT2D eigenvalue weighted by Gasteiger charge is -2.08. The Balaban J connectivity index is 2.51. The largest absolute Gasteiger partial charge is 0.399 e. The standard InChI is InChI=1S/C13H22N2O3S/c1-11-8-12(14)10-13(9-11)19(16,17)15-6-4-3-5-7-18-2/h8-10,15H,3-7,14H2,1-2H3. The first-order valence-corrected chi connectivity index (χ1v) is 7.80. The Morgan fingerprint density at radius 2 is 1.95 bits per heavy atom. The van der Waals surface area contributed by atoms with Crippen LogP contribution in [0.2, 0.25) is 0 Å². The summed E-state index contributed by atoms with van der Waals surface area (Å²) in [6, 6.07) is 4.83. The van der Waals surface area contributed by atoms with Gasteiger partial charge in [-0.25, -0.2) is 13.1 Å². The Labute approximate surface area is 115 Å². The molecule has 0 aliphatic heterocycles. The number of hydrogen-bond acceptors (Lipinski definition) is 4. The van der Waals surface area contributed by atoms with Crippen molar-refractivity contribution in [1.82, 2.24) is 4.72 Å². The van der Waals surface area contributed by atoms with E-state index in [4.69, 9.17) is 10.5 Å². The summed E-state index contributed by atoms with van der Waals surface area (Å²) in [5.74, 6) is 0. The molecule has 1 aromatic rings. The van der Waals surface area contributed by atoms with Crippen molar-refractivity contribution in [2.75, 3.05) is 26.0 Å². The van der Waals surface area contributed by atoms with E-state index in [9.17, 15) is 8.42 Å². The van der Waals surface area contributed by atoms with Crippen LogP contribution in [0.1, 0.15) is 24.8 Å². The van der Waals surface area contributed by atoms with Gasteiger partial charge >= 0.3 is 0 Å². The number of anilines is 1. The van der Waals surface area contributed by atoms with E-state index >= 15 is 0 Å². The van der Waals surface area contributed by atoms with Crippen molar-refractivity contribution in [2.45, 2.75) is 31.1 Å². The fourth-order valence-electron chi connectivity index (χ4n) is 1.77. The Bertz CT molecular complexity index is 480. The normalized spacial score (nSPS) is 11.7. The minimum absolute atomic E-state index is 0.224. The third kappa shape index (κ3) is 5.59.